The summed E-state index contributed by atoms with van der Waals surface area (Å²) in [5.41, 5.74) is 0. The van der Waals surface area contributed by atoms with E-state index in [-0.39, 0.29) is 23.5 Å². The van der Waals surface area contributed by atoms with Crippen LogP contribution in [0.5, 0.6) is 0 Å². The molecule has 2 N–H and O–H groups in total. The molecule has 1 aliphatic rings. The van der Waals surface area contributed by atoms with Crippen molar-refractivity contribution in [2.45, 2.75) is 39.2 Å². The highest BCUT2D eigenvalue weighted by Crippen LogP contribution is 2.29. The number of hydrogen-bond acceptors (Lipinski definition) is 3. The molecule has 5 heteroatoms. The van der Waals surface area contributed by atoms with Gasteiger partial charge in [0.2, 0.25) is 5.91 Å². The predicted molar refractivity (Wildman–Crippen MR) is 69.1 cm³/mol. The van der Waals surface area contributed by atoms with E-state index in [4.69, 9.17) is 5.11 Å². The van der Waals surface area contributed by atoms with Gasteiger partial charge in [-0.25, -0.2) is 0 Å². The number of aliphatic carboxylic acids is 1. The van der Waals surface area contributed by atoms with Crippen molar-refractivity contribution in [1.82, 2.24) is 5.32 Å². The van der Waals surface area contributed by atoms with Crippen molar-refractivity contribution in [2.24, 2.45) is 11.8 Å². The average Bonchev–Trinajstić information content (AvgIpc) is 2.24. The molecule has 0 unspecified atom stereocenters. The van der Waals surface area contributed by atoms with Gasteiger partial charge in [-0.2, -0.15) is 0 Å². The molecule has 1 rings (SSSR count). The predicted octanol–water partition coefficient (Wildman–Crippen LogP) is 1.75. The molecule has 1 fully saturated rings. The Hall–Kier alpha value is -0.710. The number of nitrogens with one attached hydrogen (secondary N) is 1. The molecule has 0 saturated heterocycles. The Morgan fingerprint density at radius 1 is 1.29 bits per heavy atom. The summed E-state index contributed by atoms with van der Waals surface area (Å²) in [5, 5.41) is 11.5. The van der Waals surface area contributed by atoms with Crippen molar-refractivity contribution >= 4 is 23.6 Å². The average molecular weight is 259 g/mol. The molecule has 0 spiro atoms. The molecular formula is C12H21NO3S. The molecule has 98 valence electrons. The number of carbonyl (C=O) groups excluding carboxylic acids is 1. The Kier molecular flexibility index (Phi) is 5.82. The van der Waals surface area contributed by atoms with Gasteiger partial charge in [-0.3, -0.25) is 9.59 Å². The maximum atomic E-state index is 11.6. The Morgan fingerprint density at radius 3 is 2.65 bits per heavy atom. The number of hydrogen-bond donors (Lipinski definition) is 2. The van der Waals surface area contributed by atoms with Crippen LogP contribution in [0, 0.1) is 11.8 Å². The van der Waals surface area contributed by atoms with Crippen LogP contribution in [0.4, 0.5) is 0 Å². The summed E-state index contributed by atoms with van der Waals surface area (Å²) >= 11 is 1.15. The van der Waals surface area contributed by atoms with Gasteiger partial charge in [0, 0.05) is 6.04 Å². The van der Waals surface area contributed by atoms with Gasteiger partial charge >= 0.3 is 5.97 Å². The topological polar surface area (TPSA) is 66.4 Å². The first-order valence-electron chi connectivity index (χ1n) is 6.09. The van der Waals surface area contributed by atoms with Crippen molar-refractivity contribution in [3.8, 4) is 0 Å². The van der Waals surface area contributed by atoms with Crippen LogP contribution in [0.25, 0.3) is 0 Å². The van der Waals surface area contributed by atoms with Crippen molar-refractivity contribution in [3.05, 3.63) is 0 Å². The van der Waals surface area contributed by atoms with E-state index in [1.807, 2.05) is 0 Å². The second kappa shape index (κ2) is 6.89. The summed E-state index contributed by atoms with van der Waals surface area (Å²) in [4.78, 5) is 21.9. The third-order valence-electron chi connectivity index (χ3n) is 3.51. The van der Waals surface area contributed by atoms with Gasteiger partial charge < -0.3 is 10.4 Å². The lowest BCUT2D eigenvalue weighted by Gasteiger charge is -2.34. The molecule has 0 aromatic heterocycles. The molecule has 1 saturated carbocycles. The lowest BCUT2D eigenvalue weighted by molar-refractivity contribution is -0.133. The summed E-state index contributed by atoms with van der Waals surface area (Å²) in [6, 6.07) is 0.261. The number of amides is 1. The standard InChI is InChI=1S/C12H21NO3S/c1-8-4-3-5-10(9(8)2)13-11(14)6-17-7-12(15)16/h8-10H,3-7H2,1-2H3,(H,13,14)(H,15,16)/t8-,9-,10+/m1/s1. The first-order valence-corrected chi connectivity index (χ1v) is 7.25. The first kappa shape index (κ1) is 14.4. The fourth-order valence-electron chi connectivity index (χ4n) is 2.27. The van der Waals surface area contributed by atoms with Crippen LogP contribution in [0.3, 0.4) is 0 Å². The molecule has 4 nitrogen and oxygen atoms in total. The Morgan fingerprint density at radius 2 is 2.00 bits per heavy atom. The molecule has 1 amide bonds. The molecule has 0 heterocycles. The molecule has 0 aliphatic heterocycles. The smallest absolute Gasteiger partial charge is 0.313 e. The van der Waals surface area contributed by atoms with Gasteiger partial charge in [-0.15, -0.1) is 11.8 Å². The quantitative estimate of drug-likeness (QED) is 0.789. The highest BCUT2D eigenvalue weighted by atomic mass is 32.2. The fourth-order valence-corrected chi connectivity index (χ4v) is 2.81. The van der Waals surface area contributed by atoms with Crippen molar-refractivity contribution in [1.29, 1.82) is 0 Å². The molecule has 1 aliphatic carbocycles. The van der Waals surface area contributed by atoms with Crippen LogP contribution in [0.1, 0.15) is 33.1 Å². The zero-order chi connectivity index (χ0) is 12.8. The first-order chi connectivity index (χ1) is 8.00. The summed E-state index contributed by atoms with van der Waals surface area (Å²) in [6.45, 7) is 4.40. The monoisotopic (exact) mass is 259 g/mol. The Balaban J connectivity index is 2.27. The second-order valence-corrected chi connectivity index (χ2v) is 5.81. The van der Waals surface area contributed by atoms with Crippen molar-refractivity contribution in [2.75, 3.05) is 11.5 Å². The molecule has 17 heavy (non-hydrogen) atoms. The molecule has 0 bridgehead atoms. The van der Waals surface area contributed by atoms with E-state index >= 15 is 0 Å². The summed E-state index contributed by atoms with van der Waals surface area (Å²) in [6.07, 6.45) is 3.45. The Labute approximate surface area is 107 Å². The van der Waals surface area contributed by atoms with E-state index in [1.165, 1.54) is 12.8 Å². The van der Waals surface area contributed by atoms with Crippen LogP contribution in [0.15, 0.2) is 0 Å². The SMILES string of the molecule is C[C@@H]1[C@H](C)CCC[C@@H]1NC(=O)CSCC(=O)O. The highest BCUT2D eigenvalue weighted by Gasteiger charge is 2.27. The number of carboxylic acid groups (broad SMARTS) is 1. The minimum atomic E-state index is -0.873. The van der Waals surface area contributed by atoms with Gasteiger partial charge in [0.1, 0.15) is 0 Å². The zero-order valence-corrected chi connectivity index (χ0v) is 11.3. The van der Waals surface area contributed by atoms with Crippen LogP contribution in [-0.4, -0.2) is 34.5 Å². The van der Waals surface area contributed by atoms with Crippen LogP contribution >= 0.6 is 11.8 Å². The van der Waals surface area contributed by atoms with E-state index in [1.54, 1.807) is 0 Å². The fraction of sp³-hybridized carbons (Fsp3) is 0.833. The number of rotatable bonds is 5. The van der Waals surface area contributed by atoms with Gasteiger partial charge in [-0.05, 0) is 18.3 Å². The highest BCUT2D eigenvalue weighted by molar-refractivity contribution is 8.00. The van der Waals surface area contributed by atoms with Gasteiger partial charge in [0.05, 0.1) is 11.5 Å². The van der Waals surface area contributed by atoms with Crippen LogP contribution in [0.2, 0.25) is 0 Å². The third-order valence-corrected chi connectivity index (χ3v) is 4.43. The number of carbonyl (C=O) groups is 2. The van der Waals surface area contributed by atoms with Crippen LogP contribution < -0.4 is 5.32 Å². The molecule has 3 atom stereocenters. The lowest BCUT2D eigenvalue weighted by atomic mass is 9.78. The second-order valence-electron chi connectivity index (χ2n) is 4.83. The van der Waals surface area contributed by atoms with E-state index in [0.717, 1.165) is 18.2 Å². The Bertz CT molecular complexity index is 283. The largest absolute Gasteiger partial charge is 0.481 e. The van der Waals surface area contributed by atoms with E-state index in [2.05, 4.69) is 19.2 Å². The van der Waals surface area contributed by atoms with Crippen molar-refractivity contribution in [3.63, 3.8) is 0 Å². The third kappa shape index (κ3) is 4.98. The maximum absolute atomic E-state index is 11.6. The molecule has 0 radical (unpaired) electrons. The van der Waals surface area contributed by atoms with Gasteiger partial charge in [0.15, 0.2) is 0 Å². The molecule has 0 aromatic rings. The van der Waals surface area contributed by atoms with Crippen molar-refractivity contribution < 1.29 is 14.7 Å². The number of thioether (sulfide) groups is 1. The van der Waals surface area contributed by atoms with E-state index < -0.39 is 5.97 Å². The normalized spacial score (nSPS) is 28.7. The minimum absolute atomic E-state index is 0.00988. The minimum Gasteiger partial charge on any atom is -0.481 e. The molecule has 0 aromatic carbocycles. The molecular weight excluding hydrogens is 238 g/mol. The summed E-state index contributed by atoms with van der Waals surface area (Å²) < 4.78 is 0. The van der Waals surface area contributed by atoms with E-state index in [9.17, 15) is 9.59 Å². The lowest BCUT2D eigenvalue weighted by Crippen LogP contribution is -2.44. The van der Waals surface area contributed by atoms with E-state index in [0.29, 0.717) is 11.8 Å². The number of carboxylic acids is 1. The zero-order valence-electron chi connectivity index (χ0n) is 10.4. The van der Waals surface area contributed by atoms with Gasteiger partial charge in [-0.1, -0.05) is 26.7 Å². The summed E-state index contributed by atoms with van der Waals surface area (Å²) in [5.74, 6) is 0.482. The van der Waals surface area contributed by atoms with Gasteiger partial charge in [0.25, 0.3) is 0 Å². The maximum Gasteiger partial charge on any atom is 0.313 e. The summed E-state index contributed by atoms with van der Waals surface area (Å²) in [7, 11) is 0. The van der Waals surface area contributed by atoms with Crippen LogP contribution in [-0.2, 0) is 9.59 Å².